The molecule has 0 saturated carbocycles. The summed E-state index contributed by atoms with van der Waals surface area (Å²) >= 11 is 0. The number of anilines is 1. The largest absolute Gasteiger partial charge is 0.294 e. The van der Waals surface area contributed by atoms with Crippen LogP contribution < -0.4 is 5.32 Å². The fraction of sp³-hybridized carbons (Fsp3) is 0.214. The summed E-state index contributed by atoms with van der Waals surface area (Å²) in [7, 11) is 0. The second kappa shape index (κ2) is 5.40. The first-order chi connectivity index (χ1) is 8.63. The maximum atomic E-state index is 11.8. The van der Waals surface area contributed by atoms with Gasteiger partial charge in [0.05, 0.1) is 6.42 Å². The first-order valence-corrected chi connectivity index (χ1v) is 5.79. The number of benzene rings is 1. The van der Waals surface area contributed by atoms with Crippen LogP contribution in [0.3, 0.4) is 0 Å². The number of amides is 1. The van der Waals surface area contributed by atoms with Gasteiger partial charge in [0.2, 0.25) is 11.9 Å². The molecule has 92 valence electrons. The number of carbonyl (C=O) groups excluding carboxylic acids is 1. The molecule has 0 radical (unpaired) electrons. The Morgan fingerprint density at radius 2 is 1.72 bits per heavy atom. The van der Waals surface area contributed by atoms with E-state index in [0.717, 1.165) is 17.0 Å². The van der Waals surface area contributed by atoms with Gasteiger partial charge in [0.15, 0.2) is 0 Å². The van der Waals surface area contributed by atoms with Crippen LogP contribution in [0.4, 0.5) is 5.95 Å². The van der Waals surface area contributed by atoms with E-state index in [0.29, 0.717) is 12.4 Å². The number of hydrogen-bond donors (Lipinski definition) is 1. The van der Waals surface area contributed by atoms with Gasteiger partial charge in [-0.2, -0.15) is 0 Å². The van der Waals surface area contributed by atoms with Crippen molar-refractivity contribution in [2.75, 3.05) is 5.32 Å². The Morgan fingerprint density at radius 1 is 1.11 bits per heavy atom. The average Bonchev–Trinajstić information content (AvgIpc) is 2.28. The van der Waals surface area contributed by atoms with Crippen LogP contribution in [0.1, 0.15) is 17.0 Å². The zero-order valence-corrected chi connectivity index (χ0v) is 10.5. The highest BCUT2D eigenvalue weighted by Gasteiger charge is 2.06. The van der Waals surface area contributed by atoms with Crippen molar-refractivity contribution in [2.24, 2.45) is 0 Å². The number of aryl methyl sites for hydroxylation is 2. The number of hydrogen-bond acceptors (Lipinski definition) is 3. The van der Waals surface area contributed by atoms with Crippen molar-refractivity contribution in [1.29, 1.82) is 0 Å². The van der Waals surface area contributed by atoms with E-state index in [1.807, 2.05) is 50.2 Å². The van der Waals surface area contributed by atoms with Crippen molar-refractivity contribution >= 4 is 11.9 Å². The molecule has 0 spiro atoms. The summed E-state index contributed by atoms with van der Waals surface area (Å²) in [5.41, 5.74) is 2.66. The van der Waals surface area contributed by atoms with E-state index in [1.165, 1.54) is 0 Å². The minimum atomic E-state index is -0.105. The third-order valence-corrected chi connectivity index (χ3v) is 2.44. The van der Waals surface area contributed by atoms with E-state index in [9.17, 15) is 4.79 Å². The van der Waals surface area contributed by atoms with Crippen LogP contribution in [0.15, 0.2) is 36.4 Å². The van der Waals surface area contributed by atoms with E-state index < -0.39 is 0 Å². The standard InChI is InChI=1S/C14H15N3O/c1-10-8-11(2)16-14(15-10)17-13(18)9-12-6-4-3-5-7-12/h3-8H,9H2,1-2H3,(H,15,16,17,18). The molecular formula is C14H15N3O. The minimum Gasteiger partial charge on any atom is -0.294 e. The molecule has 1 N–H and O–H groups in total. The molecule has 0 unspecified atom stereocenters. The Morgan fingerprint density at radius 3 is 2.33 bits per heavy atom. The summed E-state index contributed by atoms with van der Waals surface area (Å²) < 4.78 is 0. The van der Waals surface area contributed by atoms with Crippen LogP contribution in [-0.2, 0) is 11.2 Å². The summed E-state index contributed by atoms with van der Waals surface area (Å²) in [4.78, 5) is 20.2. The monoisotopic (exact) mass is 241 g/mol. The van der Waals surface area contributed by atoms with Gasteiger partial charge < -0.3 is 0 Å². The molecule has 0 saturated heterocycles. The molecule has 1 heterocycles. The highest BCUT2D eigenvalue weighted by Crippen LogP contribution is 2.05. The van der Waals surface area contributed by atoms with Crippen LogP contribution >= 0.6 is 0 Å². The average molecular weight is 241 g/mol. The number of rotatable bonds is 3. The molecule has 0 aliphatic heterocycles. The molecule has 0 fully saturated rings. The molecule has 1 amide bonds. The number of nitrogens with one attached hydrogen (secondary N) is 1. The van der Waals surface area contributed by atoms with Gasteiger partial charge in [0, 0.05) is 11.4 Å². The lowest BCUT2D eigenvalue weighted by Crippen LogP contribution is -2.16. The fourth-order valence-corrected chi connectivity index (χ4v) is 1.73. The van der Waals surface area contributed by atoms with Crippen LogP contribution in [-0.4, -0.2) is 15.9 Å². The Hall–Kier alpha value is -2.23. The second-order valence-corrected chi connectivity index (χ2v) is 4.18. The van der Waals surface area contributed by atoms with E-state index in [4.69, 9.17) is 0 Å². The molecule has 2 aromatic rings. The maximum absolute atomic E-state index is 11.8. The predicted octanol–water partition coefficient (Wildman–Crippen LogP) is 2.27. The number of nitrogens with zero attached hydrogens (tertiary/aromatic N) is 2. The molecule has 0 atom stereocenters. The molecule has 4 heteroatoms. The van der Waals surface area contributed by atoms with Crippen molar-refractivity contribution in [2.45, 2.75) is 20.3 Å². The van der Waals surface area contributed by atoms with Gasteiger partial charge in [-0.15, -0.1) is 0 Å². The van der Waals surface area contributed by atoms with Crippen molar-refractivity contribution in [3.05, 3.63) is 53.3 Å². The van der Waals surface area contributed by atoms with Crippen molar-refractivity contribution < 1.29 is 4.79 Å². The molecule has 0 aliphatic rings. The number of carbonyl (C=O) groups is 1. The lowest BCUT2D eigenvalue weighted by atomic mass is 10.1. The SMILES string of the molecule is Cc1cc(C)nc(NC(=O)Cc2ccccc2)n1. The lowest BCUT2D eigenvalue weighted by molar-refractivity contribution is -0.115. The lowest BCUT2D eigenvalue weighted by Gasteiger charge is -2.05. The highest BCUT2D eigenvalue weighted by molar-refractivity contribution is 5.90. The van der Waals surface area contributed by atoms with E-state index in [-0.39, 0.29) is 5.91 Å². The van der Waals surface area contributed by atoms with Crippen molar-refractivity contribution in [1.82, 2.24) is 9.97 Å². The summed E-state index contributed by atoms with van der Waals surface area (Å²) in [6.45, 7) is 3.75. The Bertz CT molecular complexity index is 532. The van der Waals surface area contributed by atoms with Gasteiger partial charge in [0.25, 0.3) is 0 Å². The topological polar surface area (TPSA) is 54.9 Å². The molecule has 0 bridgehead atoms. The first kappa shape index (κ1) is 12.2. The summed E-state index contributed by atoms with van der Waals surface area (Å²) in [5.74, 6) is 0.264. The maximum Gasteiger partial charge on any atom is 0.231 e. The van der Waals surface area contributed by atoms with Crippen molar-refractivity contribution in [3.63, 3.8) is 0 Å². The van der Waals surface area contributed by atoms with Gasteiger partial charge in [-0.05, 0) is 25.5 Å². The quantitative estimate of drug-likeness (QED) is 0.896. The predicted molar refractivity (Wildman–Crippen MR) is 70.3 cm³/mol. The van der Waals surface area contributed by atoms with E-state index in [1.54, 1.807) is 0 Å². The molecule has 18 heavy (non-hydrogen) atoms. The van der Waals surface area contributed by atoms with Crippen LogP contribution in [0, 0.1) is 13.8 Å². The Labute approximate surface area is 106 Å². The Kier molecular flexibility index (Phi) is 3.67. The zero-order chi connectivity index (χ0) is 13.0. The second-order valence-electron chi connectivity index (χ2n) is 4.18. The molecule has 0 aliphatic carbocycles. The van der Waals surface area contributed by atoms with Crippen molar-refractivity contribution in [3.8, 4) is 0 Å². The normalized spacial score (nSPS) is 10.1. The van der Waals surface area contributed by atoms with Crippen LogP contribution in [0.2, 0.25) is 0 Å². The van der Waals surface area contributed by atoms with Crippen LogP contribution in [0.25, 0.3) is 0 Å². The molecule has 1 aromatic carbocycles. The summed E-state index contributed by atoms with van der Waals surface area (Å²) in [6.07, 6.45) is 0.331. The third kappa shape index (κ3) is 3.38. The van der Waals surface area contributed by atoms with Gasteiger partial charge >= 0.3 is 0 Å². The first-order valence-electron chi connectivity index (χ1n) is 5.79. The van der Waals surface area contributed by atoms with Gasteiger partial charge in [0.1, 0.15) is 0 Å². The highest BCUT2D eigenvalue weighted by atomic mass is 16.1. The third-order valence-electron chi connectivity index (χ3n) is 2.44. The molecule has 4 nitrogen and oxygen atoms in total. The van der Waals surface area contributed by atoms with Crippen LogP contribution in [0.5, 0.6) is 0 Å². The smallest absolute Gasteiger partial charge is 0.231 e. The fourth-order valence-electron chi connectivity index (χ4n) is 1.73. The van der Waals surface area contributed by atoms with Gasteiger partial charge in [-0.3, -0.25) is 10.1 Å². The van der Waals surface area contributed by atoms with Gasteiger partial charge in [-0.1, -0.05) is 30.3 Å². The zero-order valence-electron chi connectivity index (χ0n) is 10.5. The number of aromatic nitrogens is 2. The molecular weight excluding hydrogens is 226 g/mol. The molecule has 1 aromatic heterocycles. The Balaban J connectivity index is 2.03. The summed E-state index contributed by atoms with van der Waals surface area (Å²) in [6, 6.07) is 11.5. The van der Waals surface area contributed by atoms with E-state index in [2.05, 4.69) is 15.3 Å². The van der Waals surface area contributed by atoms with E-state index >= 15 is 0 Å². The van der Waals surface area contributed by atoms with Gasteiger partial charge in [-0.25, -0.2) is 9.97 Å². The summed E-state index contributed by atoms with van der Waals surface area (Å²) in [5, 5.41) is 2.71. The minimum absolute atomic E-state index is 0.105. The molecule has 2 rings (SSSR count).